The Morgan fingerprint density at radius 2 is 2.00 bits per heavy atom. The van der Waals surface area contributed by atoms with Gasteiger partial charge in [-0.25, -0.2) is 0 Å². The van der Waals surface area contributed by atoms with Crippen LogP contribution in [0.1, 0.15) is 11.1 Å². The molecule has 2 aromatic carbocycles. The predicted octanol–water partition coefficient (Wildman–Crippen LogP) is 3.10. The molecule has 0 spiro atoms. The average Bonchev–Trinajstić information content (AvgIpc) is 2.50. The van der Waals surface area contributed by atoms with E-state index in [-0.39, 0.29) is 0 Å². The van der Waals surface area contributed by atoms with Crippen molar-refractivity contribution in [2.75, 3.05) is 11.9 Å². The molecule has 70 valence electrons. The molecule has 0 aliphatic carbocycles. The first-order valence-electron chi connectivity index (χ1n) is 5.00. The third-order valence-corrected chi connectivity index (χ3v) is 3.14. The molecule has 0 amide bonds. The Morgan fingerprint density at radius 1 is 1.14 bits per heavy atom. The van der Waals surface area contributed by atoms with Crippen LogP contribution in [-0.2, 0) is 6.54 Å². The number of hydrogen-bond acceptors (Lipinski definition) is 1. The SMILES string of the molecule is Cc1ccc2c3c(cccc13)CN2C. The fraction of sp³-hybridized carbons (Fsp3) is 0.231. The molecule has 0 saturated carbocycles. The molecule has 14 heavy (non-hydrogen) atoms. The van der Waals surface area contributed by atoms with Crippen molar-refractivity contribution in [2.45, 2.75) is 13.5 Å². The van der Waals surface area contributed by atoms with Crippen molar-refractivity contribution in [2.24, 2.45) is 0 Å². The molecule has 0 radical (unpaired) electrons. The van der Waals surface area contributed by atoms with E-state index in [0.29, 0.717) is 0 Å². The summed E-state index contributed by atoms with van der Waals surface area (Å²) in [5.74, 6) is 0. The number of nitrogens with zero attached hydrogens (tertiary/aromatic N) is 1. The first-order chi connectivity index (χ1) is 6.77. The minimum Gasteiger partial charge on any atom is -0.370 e. The Labute approximate surface area is 84.0 Å². The molecule has 2 aromatic rings. The van der Waals surface area contributed by atoms with Crippen LogP contribution < -0.4 is 4.90 Å². The Bertz CT molecular complexity index is 514. The van der Waals surface area contributed by atoms with Crippen LogP contribution in [0.25, 0.3) is 10.8 Å². The van der Waals surface area contributed by atoms with E-state index in [1.807, 2.05) is 0 Å². The largest absolute Gasteiger partial charge is 0.370 e. The van der Waals surface area contributed by atoms with Crippen LogP contribution in [0.4, 0.5) is 5.69 Å². The molecule has 0 bridgehead atoms. The highest BCUT2D eigenvalue weighted by molar-refractivity contribution is 6.01. The lowest BCUT2D eigenvalue weighted by molar-refractivity contribution is 0.967. The maximum Gasteiger partial charge on any atom is 0.0450 e. The molecule has 0 fully saturated rings. The summed E-state index contributed by atoms with van der Waals surface area (Å²) in [4.78, 5) is 2.32. The van der Waals surface area contributed by atoms with Gasteiger partial charge in [0.05, 0.1) is 0 Å². The van der Waals surface area contributed by atoms with Gasteiger partial charge < -0.3 is 4.90 Å². The fourth-order valence-electron chi connectivity index (χ4n) is 2.40. The van der Waals surface area contributed by atoms with Crippen LogP contribution in [0.5, 0.6) is 0 Å². The maximum absolute atomic E-state index is 2.32. The number of hydrogen-bond donors (Lipinski definition) is 0. The van der Waals surface area contributed by atoms with Crippen molar-refractivity contribution in [3.05, 3.63) is 41.5 Å². The second-order valence-electron chi connectivity index (χ2n) is 4.10. The Morgan fingerprint density at radius 3 is 2.86 bits per heavy atom. The molecular weight excluding hydrogens is 170 g/mol. The third-order valence-electron chi connectivity index (χ3n) is 3.14. The number of rotatable bonds is 0. The van der Waals surface area contributed by atoms with E-state index in [2.05, 4.69) is 49.2 Å². The van der Waals surface area contributed by atoms with Gasteiger partial charge in [0.2, 0.25) is 0 Å². The molecule has 1 aliphatic heterocycles. The van der Waals surface area contributed by atoms with Crippen LogP contribution in [0.15, 0.2) is 30.3 Å². The first-order valence-corrected chi connectivity index (χ1v) is 5.00. The summed E-state index contributed by atoms with van der Waals surface area (Å²) in [5.41, 5.74) is 4.21. The molecule has 0 atom stereocenters. The fourth-order valence-corrected chi connectivity index (χ4v) is 2.40. The molecule has 3 rings (SSSR count). The second-order valence-corrected chi connectivity index (χ2v) is 4.10. The minimum atomic E-state index is 1.05. The lowest BCUT2D eigenvalue weighted by atomic mass is 10.0. The third kappa shape index (κ3) is 0.844. The maximum atomic E-state index is 2.32. The summed E-state index contributed by atoms with van der Waals surface area (Å²) in [6.45, 7) is 3.23. The normalized spacial score (nSPS) is 14.0. The van der Waals surface area contributed by atoms with Gasteiger partial charge in [0.1, 0.15) is 0 Å². The molecular formula is C13H13N. The summed E-state index contributed by atoms with van der Waals surface area (Å²) in [6, 6.07) is 11.1. The number of anilines is 1. The zero-order valence-corrected chi connectivity index (χ0v) is 8.54. The van der Waals surface area contributed by atoms with E-state index in [9.17, 15) is 0 Å². The van der Waals surface area contributed by atoms with Gasteiger partial charge in [-0.2, -0.15) is 0 Å². The zero-order valence-electron chi connectivity index (χ0n) is 8.54. The summed E-state index contributed by atoms with van der Waals surface area (Å²) >= 11 is 0. The highest BCUT2D eigenvalue weighted by atomic mass is 15.1. The number of benzene rings is 2. The summed E-state index contributed by atoms with van der Waals surface area (Å²) in [6.07, 6.45) is 0. The molecule has 0 N–H and O–H groups in total. The lowest BCUT2D eigenvalue weighted by Crippen LogP contribution is -2.09. The van der Waals surface area contributed by atoms with E-state index < -0.39 is 0 Å². The van der Waals surface area contributed by atoms with Crippen LogP contribution in [-0.4, -0.2) is 7.05 Å². The lowest BCUT2D eigenvalue weighted by Gasteiger charge is -2.11. The van der Waals surface area contributed by atoms with Crippen molar-refractivity contribution < 1.29 is 0 Å². The van der Waals surface area contributed by atoms with Gasteiger partial charge in [0.15, 0.2) is 0 Å². The molecule has 1 heterocycles. The highest BCUT2D eigenvalue weighted by Crippen LogP contribution is 2.37. The monoisotopic (exact) mass is 183 g/mol. The van der Waals surface area contributed by atoms with Gasteiger partial charge in [0.25, 0.3) is 0 Å². The molecule has 1 aliphatic rings. The van der Waals surface area contributed by atoms with E-state index in [1.54, 1.807) is 0 Å². The van der Waals surface area contributed by atoms with Gasteiger partial charge >= 0.3 is 0 Å². The summed E-state index contributed by atoms with van der Waals surface area (Å²) in [7, 11) is 2.16. The van der Waals surface area contributed by atoms with Gasteiger partial charge in [-0.05, 0) is 29.5 Å². The smallest absolute Gasteiger partial charge is 0.0450 e. The van der Waals surface area contributed by atoms with E-state index in [4.69, 9.17) is 0 Å². The minimum absolute atomic E-state index is 1.05. The molecule has 0 aromatic heterocycles. The molecule has 0 unspecified atom stereocenters. The van der Waals surface area contributed by atoms with Gasteiger partial charge in [-0.1, -0.05) is 24.3 Å². The standard InChI is InChI=1S/C13H13N/c1-9-6-7-12-13-10(8-14(12)2)4-3-5-11(9)13/h3-7H,8H2,1-2H3. The number of aryl methyl sites for hydroxylation is 1. The van der Waals surface area contributed by atoms with E-state index >= 15 is 0 Å². The van der Waals surface area contributed by atoms with Gasteiger partial charge in [-0.15, -0.1) is 0 Å². The molecule has 1 nitrogen and oxygen atoms in total. The zero-order chi connectivity index (χ0) is 9.71. The Hall–Kier alpha value is -1.50. The molecule has 0 saturated heterocycles. The predicted molar refractivity (Wildman–Crippen MR) is 60.8 cm³/mol. The van der Waals surface area contributed by atoms with E-state index in [1.165, 1.54) is 27.6 Å². The summed E-state index contributed by atoms with van der Waals surface area (Å²) in [5, 5.41) is 2.86. The quantitative estimate of drug-likeness (QED) is 0.606. The van der Waals surface area contributed by atoms with E-state index in [0.717, 1.165) is 6.54 Å². The van der Waals surface area contributed by atoms with Crippen molar-refractivity contribution in [3.8, 4) is 0 Å². The van der Waals surface area contributed by atoms with Crippen molar-refractivity contribution >= 4 is 16.5 Å². The topological polar surface area (TPSA) is 3.24 Å². The molecule has 1 heteroatoms. The summed E-state index contributed by atoms with van der Waals surface area (Å²) < 4.78 is 0. The first kappa shape index (κ1) is 7.86. The Balaban J connectivity index is 2.52. The van der Waals surface area contributed by atoms with Crippen LogP contribution >= 0.6 is 0 Å². The van der Waals surface area contributed by atoms with Crippen molar-refractivity contribution in [1.82, 2.24) is 0 Å². The second kappa shape index (κ2) is 2.50. The highest BCUT2D eigenvalue weighted by Gasteiger charge is 2.18. The Kier molecular flexibility index (Phi) is 1.41. The average molecular weight is 183 g/mol. The van der Waals surface area contributed by atoms with Gasteiger partial charge in [0, 0.05) is 24.7 Å². The van der Waals surface area contributed by atoms with Crippen LogP contribution in [0, 0.1) is 6.92 Å². The van der Waals surface area contributed by atoms with Crippen LogP contribution in [0.2, 0.25) is 0 Å². The van der Waals surface area contributed by atoms with Crippen LogP contribution in [0.3, 0.4) is 0 Å². The van der Waals surface area contributed by atoms with Crippen molar-refractivity contribution in [3.63, 3.8) is 0 Å². The van der Waals surface area contributed by atoms with Crippen molar-refractivity contribution in [1.29, 1.82) is 0 Å². The van der Waals surface area contributed by atoms with Gasteiger partial charge in [-0.3, -0.25) is 0 Å².